The number of nitrogens with one attached hydrogen (secondary N) is 2. The van der Waals surface area contributed by atoms with Gasteiger partial charge in [-0.05, 0) is 55.7 Å². The van der Waals surface area contributed by atoms with E-state index in [-0.39, 0.29) is 23.3 Å². The first kappa shape index (κ1) is 19.6. The highest BCUT2D eigenvalue weighted by Crippen LogP contribution is 2.17. The van der Waals surface area contributed by atoms with Crippen molar-refractivity contribution in [3.05, 3.63) is 65.2 Å². The van der Waals surface area contributed by atoms with Gasteiger partial charge in [0, 0.05) is 32.1 Å². The number of methoxy groups -OCH3 is 1. The fraction of sp³-hybridized carbons (Fsp3) is 0.286. The molecule has 2 amide bonds. The zero-order chi connectivity index (χ0) is 20.1. The molecule has 2 aromatic heterocycles. The molecular weight excluding hydrogens is 356 g/mol. The number of fused-ring (bicyclic) bond motifs is 1. The molecule has 0 aliphatic heterocycles. The quantitative estimate of drug-likeness (QED) is 0.617. The van der Waals surface area contributed by atoms with Crippen LogP contribution >= 0.6 is 0 Å². The van der Waals surface area contributed by atoms with Gasteiger partial charge in [-0.25, -0.2) is 4.98 Å². The number of aromatic nitrogens is 2. The van der Waals surface area contributed by atoms with Crippen LogP contribution in [-0.2, 0) is 4.74 Å². The van der Waals surface area contributed by atoms with Crippen LogP contribution < -0.4 is 10.6 Å². The molecule has 7 heteroatoms. The molecule has 1 aromatic carbocycles. The van der Waals surface area contributed by atoms with Gasteiger partial charge in [0.2, 0.25) is 5.82 Å². The van der Waals surface area contributed by atoms with E-state index in [1.165, 1.54) is 0 Å². The van der Waals surface area contributed by atoms with E-state index in [1.807, 2.05) is 38.1 Å². The number of hydrogen-bond donors (Lipinski definition) is 2. The lowest BCUT2D eigenvalue weighted by Gasteiger charge is -2.07. The minimum Gasteiger partial charge on any atom is -0.385 e. The first-order valence-electron chi connectivity index (χ1n) is 9.14. The molecule has 0 unspecified atom stereocenters. The van der Waals surface area contributed by atoms with Gasteiger partial charge in [0.05, 0.1) is 5.52 Å². The van der Waals surface area contributed by atoms with Crippen molar-refractivity contribution < 1.29 is 14.3 Å². The first-order valence-corrected chi connectivity index (χ1v) is 9.14. The number of carbonyl (C=O) groups is 2. The van der Waals surface area contributed by atoms with Crippen LogP contribution in [0.5, 0.6) is 0 Å². The fourth-order valence-corrected chi connectivity index (χ4v) is 2.87. The highest BCUT2D eigenvalue weighted by atomic mass is 16.5. The maximum Gasteiger partial charge on any atom is 0.292 e. The Balaban J connectivity index is 1.85. The lowest BCUT2D eigenvalue weighted by molar-refractivity contribution is 0.0946. The Labute approximate surface area is 163 Å². The van der Waals surface area contributed by atoms with Gasteiger partial charge in [-0.2, -0.15) is 0 Å². The smallest absolute Gasteiger partial charge is 0.292 e. The van der Waals surface area contributed by atoms with E-state index >= 15 is 0 Å². The second-order valence-electron chi connectivity index (χ2n) is 6.60. The predicted molar refractivity (Wildman–Crippen MR) is 108 cm³/mol. The maximum absolute atomic E-state index is 12.8. The molecule has 2 N–H and O–H groups in total. The minimum atomic E-state index is -0.372. The maximum atomic E-state index is 12.8. The second kappa shape index (κ2) is 8.67. The van der Waals surface area contributed by atoms with Crippen LogP contribution in [0.25, 0.3) is 5.52 Å². The van der Waals surface area contributed by atoms with Gasteiger partial charge in [-0.15, -0.1) is 0 Å². The van der Waals surface area contributed by atoms with Gasteiger partial charge in [0.1, 0.15) is 0 Å². The summed E-state index contributed by atoms with van der Waals surface area (Å²) in [5.74, 6) is -0.524. The first-order chi connectivity index (χ1) is 13.5. The molecule has 0 radical (unpaired) electrons. The van der Waals surface area contributed by atoms with Crippen LogP contribution in [0.1, 0.15) is 38.7 Å². The van der Waals surface area contributed by atoms with Crippen molar-refractivity contribution in [2.45, 2.75) is 20.3 Å². The molecular formula is C21H24N4O3. The Morgan fingerprint density at radius 3 is 2.68 bits per heavy atom. The third-order valence-electron chi connectivity index (χ3n) is 4.54. The standard InChI is InChI=1S/C21H24N4O3/c1-14-8-9-16(13-15(14)2)23-21(27)19-24-18(17-7-4-5-11-25(17)19)20(26)22-10-6-12-28-3/h4-5,7-9,11,13H,6,10,12H2,1-3H3,(H,22,26)(H,23,27). The van der Waals surface area contributed by atoms with Crippen LogP contribution in [0.2, 0.25) is 0 Å². The number of rotatable bonds is 7. The summed E-state index contributed by atoms with van der Waals surface area (Å²) < 4.78 is 6.61. The Morgan fingerprint density at radius 2 is 1.93 bits per heavy atom. The molecule has 28 heavy (non-hydrogen) atoms. The van der Waals surface area contributed by atoms with E-state index in [0.29, 0.717) is 30.8 Å². The van der Waals surface area contributed by atoms with Crippen LogP contribution in [0.4, 0.5) is 5.69 Å². The molecule has 0 spiro atoms. The van der Waals surface area contributed by atoms with Gasteiger partial charge < -0.3 is 15.4 Å². The van der Waals surface area contributed by atoms with Crippen molar-refractivity contribution in [2.24, 2.45) is 0 Å². The monoisotopic (exact) mass is 380 g/mol. The Morgan fingerprint density at radius 1 is 1.11 bits per heavy atom. The summed E-state index contributed by atoms with van der Waals surface area (Å²) in [6.45, 7) is 5.04. The van der Waals surface area contributed by atoms with Gasteiger partial charge >= 0.3 is 0 Å². The second-order valence-corrected chi connectivity index (χ2v) is 6.60. The molecule has 0 aliphatic rings. The van der Waals surface area contributed by atoms with Crippen molar-refractivity contribution in [3.63, 3.8) is 0 Å². The normalized spacial score (nSPS) is 10.8. The largest absolute Gasteiger partial charge is 0.385 e. The third-order valence-corrected chi connectivity index (χ3v) is 4.54. The summed E-state index contributed by atoms with van der Waals surface area (Å²) in [5.41, 5.74) is 3.73. The lowest BCUT2D eigenvalue weighted by atomic mass is 10.1. The number of imidazole rings is 1. The minimum absolute atomic E-state index is 0.163. The third kappa shape index (κ3) is 4.20. The van der Waals surface area contributed by atoms with E-state index < -0.39 is 0 Å². The zero-order valence-electron chi connectivity index (χ0n) is 16.3. The van der Waals surface area contributed by atoms with E-state index in [2.05, 4.69) is 15.6 Å². The van der Waals surface area contributed by atoms with E-state index in [9.17, 15) is 9.59 Å². The topological polar surface area (TPSA) is 84.7 Å². The summed E-state index contributed by atoms with van der Waals surface area (Å²) in [7, 11) is 1.62. The average Bonchev–Trinajstić information content (AvgIpc) is 3.08. The average molecular weight is 380 g/mol. The summed E-state index contributed by atoms with van der Waals surface area (Å²) >= 11 is 0. The number of carbonyl (C=O) groups excluding carboxylic acids is 2. The number of pyridine rings is 1. The number of anilines is 1. The SMILES string of the molecule is COCCCNC(=O)c1nc(C(=O)Nc2ccc(C)c(C)c2)n2ccccc12. The highest BCUT2D eigenvalue weighted by Gasteiger charge is 2.21. The lowest BCUT2D eigenvalue weighted by Crippen LogP contribution is -2.26. The number of benzene rings is 1. The Hall–Kier alpha value is -3.19. The summed E-state index contributed by atoms with van der Waals surface area (Å²) in [5, 5.41) is 5.68. The Bertz CT molecular complexity index is 1010. The van der Waals surface area contributed by atoms with Crippen molar-refractivity contribution in [1.29, 1.82) is 0 Å². The molecule has 0 saturated heterocycles. The summed E-state index contributed by atoms with van der Waals surface area (Å²) in [6, 6.07) is 11.1. The van der Waals surface area contributed by atoms with Crippen LogP contribution in [0.15, 0.2) is 42.6 Å². The van der Waals surface area contributed by atoms with Crippen LogP contribution in [-0.4, -0.2) is 41.5 Å². The molecule has 7 nitrogen and oxygen atoms in total. The number of hydrogen-bond acceptors (Lipinski definition) is 4. The van der Waals surface area contributed by atoms with Gasteiger partial charge in [0.25, 0.3) is 11.8 Å². The zero-order valence-corrected chi connectivity index (χ0v) is 16.3. The van der Waals surface area contributed by atoms with Gasteiger partial charge in [0.15, 0.2) is 5.69 Å². The number of amides is 2. The summed E-state index contributed by atoms with van der Waals surface area (Å²) in [6.07, 6.45) is 2.42. The molecule has 0 atom stereocenters. The van der Waals surface area contributed by atoms with Crippen molar-refractivity contribution in [3.8, 4) is 0 Å². The fourth-order valence-electron chi connectivity index (χ4n) is 2.87. The van der Waals surface area contributed by atoms with Crippen molar-refractivity contribution in [1.82, 2.24) is 14.7 Å². The Kier molecular flexibility index (Phi) is 6.06. The molecule has 3 rings (SSSR count). The molecule has 0 bridgehead atoms. The highest BCUT2D eigenvalue weighted by molar-refractivity contribution is 6.06. The van der Waals surface area contributed by atoms with E-state index in [1.54, 1.807) is 29.8 Å². The number of aryl methyl sites for hydroxylation is 2. The van der Waals surface area contributed by atoms with Gasteiger partial charge in [-0.1, -0.05) is 12.1 Å². The van der Waals surface area contributed by atoms with Crippen molar-refractivity contribution in [2.75, 3.05) is 25.6 Å². The number of nitrogens with zero attached hydrogens (tertiary/aromatic N) is 2. The van der Waals surface area contributed by atoms with Crippen molar-refractivity contribution >= 4 is 23.0 Å². The van der Waals surface area contributed by atoms with E-state index in [4.69, 9.17) is 4.74 Å². The number of ether oxygens (including phenoxy) is 1. The molecule has 146 valence electrons. The molecule has 2 heterocycles. The molecule has 0 saturated carbocycles. The molecule has 0 aliphatic carbocycles. The van der Waals surface area contributed by atoms with E-state index in [0.717, 1.165) is 11.1 Å². The predicted octanol–water partition coefficient (Wildman–Crippen LogP) is 2.97. The summed E-state index contributed by atoms with van der Waals surface area (Å²) in [4.78, 5) is 29.7. The molecule has 0 fully saturated rings. The van der Waals surface area contributed by atoms with Crippen LogP contribution in [0.3, 0.4) is 0 Å². The molecule has 3 aromatic rings. The van der Waals surface area contributed by atoms with Crippen LogP contribution in [0, 0.1) is 13.8 Å². The van der Waals surface area contributed by atoms with Gasteiger partial charge in [-0.3, -0.25) is 14.0 Å².